The Morgan fingerprint density at radius 1 is 0.950 bits per heavy atom. The lowest BCUT2D eigenvalue weighted by atomic mass is 9.95. The molecule has 0 bridgehead atoms. The van der Waals surface area contributed by atoms with E-state index in [-0.39, 0.29) is 4.83 Å². The van der Waals surface area contributed by atoms with Crippen molar-refractivity contribution in [3.63, 3.8) is 0 Å². The van der Waals surface area contributed by atoms with Crippen molar-refractivity contribution in [2.75, 3.05) is 0 Å². The minimum absolute atomic E-state index is 0.200. The van der Waals surface area contributed by atoms with E-state index in [0.717, 1.165) is 24.5 Å². The Bertz CT molecular complexity index is 588. The molecule has 2 aromatic rings. The molecule has 3 heteroatoms. The van der Waals surface area contributed by atoms with Crippen molar-refractivity contribution >= 4 is 15.9 Å². The smallest absolute Gasteiger partial charge is 0.126 e. The van der Waals surface area contributed by atoms with E-state index in [2.05, 4.69) is 48.0 Å². The van der Waals surface area contributed by atoms with Gasteiger partial charge < -0.3 is 0 Å². The largest absolute Gasteiger partial charge is 0.207 e. The molecule has 0 aromatic heterocycles. The zero-order chi connectivity index (χ0) is 14.7. The van der Waals surface area contributed by atoms with Crippen LogP contribution in [-0.4, -0.2) is 0 Å². The monoisotopic (exact) mass is 338 g/mol. The van der Waals surface area contributed by atoms with Crippen LogP contribution in [0.4, 0.5) is 8.78 Å². The maximum Gasteiger partial charge on any atom is 0.126 e. The fourth-order valence-electron chi connectivity index (χ4n) is 2.32. The molecule has 0 heterocycles. The highest BCUT2D eigenvalue weighted by Gasteiger charge is 2.16. The summed E-state index contributed by atoms with van der Waals surface area (Å²) in [5, 5.41) is 0. The van der Waals surface area contributed by atoms with Gasteiger partial charge in [0.1, 0.15) is 11.6 Å². The lowest BCUT2D eigenvalue weighted by Crippen LogP contribution is -2.01. The quantitative estimate of drug-likeness (QED) is 0.639. The van der Waals surface area contributed by atoms with Gasteiger partial charge in [0, 0.05) is 6.07 Å². The molecule has 0 saturated carbocycles. The topological polar surface area (TPSA) is 0 Å². The second-order valence-corrected chi connectivity index (χ2v) is 5.72. The Morgan fingerprint density at radius 3 is 2.15 bits per heavy atom. The van der Waals surface area contributed by atoms with Gasteiger partial charge in [-0.15, -0.1) is 0 Å². The molecule has 0 saturated heterocycles. The van der Waals surface area contributed by atoms with Gasteiger partial charge in [-0.3, -0.25) is 0 Å². The molecule has 0 amide bonds. The summed E-state index contributed by atoms with van der Waals surface area (Å²) in [6, 6.07) is 9.96. The summed E-state index contributed by atoms with van der Waals surface area (Å²) >= 11 is 3.58. The summed E-state index contributed by atoms with van der Waals surface area (Å²) in [6.45, 7) is 4.17. The van der Waals surface area contributed by atoms with E-state index in [1.54, 1.807) is 0 Å². The highest BCUT2D eigenvalue weighted by atomic mass is 79.9. The number of alkyl halides is 1. The molecule has 2 rings (SSSR count). The summed E-state index contributed by atoms with van der Waals surface area (Å²) < 4.78 is 26.7. The van der Waals surface area contributed by atoms with Gasteiger partial charge in [0.2, 0.25) is 0 Å². The van der Waals surface area contributed by atoms with Gasteiger partial charge in [0.05, 0.1) is 4.83 Å². The molecule has 0 nitrogen and oxygen atoms in total. The molecule has 106 valence electrons. The third-order valence-corrected chi connectivity index (χ3v) is 4.47. The number of halogens is 3. The van der Waals surface area contributed by atoms with Crippen LogP contribution in [0.2, 0.25) is 0 Å². The molecule has 2 aromatic carbocycles. The fourth-order valence-corrected chi connectivity index (χ4v) is 3.01. The second-order valence-electron chi connectivity index (χ2n) is 4.81. The van der Waals surface area contributed by atoms with E-state index in [4.69, 9.17) is 0 Å². The number of hydrogen-bond donors (Lipinski definition) is 0. The third kappa shape index (κ3) is 3.26. The fraction of sp³-hybridized carbons (Fsp3) is 0.294. The molecule has 20 heavy (non-hydrogen) atoms. The molecule has 1 atom stereocenters. The molecule has 0 N–H and O–H groups in total. The predicted molar refractivity (Wildman–Crippen MR) is 82.3 cm³/mol. The molecular formula is C17H17BrF2. The predicted octanol–water partition coefficient (Wildman–Crippen LogP) is 5.57. The van der Waals surface area contributed by atoms with E-state index < -0.39 is 11.6 Å². The lowest BCUT2D eigenvalue weighted by Gasteiger charge is -2.16. The highest BCUT2D eigenvalue weighted by molar-refractivity contribution is 9.09. The Kier molecular flexibility index (Phi) is 4.92. The first-order valence-electron chi connectivity index (χ1n) is 6.76. The zero-order valence-corrected chi connectivity index (χ0v) is 13.2. The van der Waals surface area contributed by atoms with Crippen molar-refractivity contribution in [1.82, 2.24) is 0 Å². The van der Waals surface area contributed by atoms with Crippen molar-refractivity contribution in [3.05, 3.63) is 70.3 Å². The summed E-state index contributed by atoms with van der Waals surface area (Å²) in [5.74, 6) is -1.09. The summed E-state index contributed by atoms with van der Waals surface area (Å²) in [7, 11) is 0. The van der Waals surface area contributed by atoms with Crippen molar-refractivity contribution in [3.8, 4) is 0 Å². The van der Waals surface area contributed by atoms with Crippen LogP contribution in [0.3, 0.4) is 0 Å². The van der Waals surface area contributed by atoms with Gasteiger partial charge in [0.25, 0.3) is 0 Å². The Morgan fingerprint density at radius 2 is 1.60 bits per heavy atom. The summed E-state index contributed by atoms with van der Waals surface area (Å²) in [6.07, 6.45) is 1.83. The van der Waals surface area contributed by atoms with Crippen molar-refractivity contribution in [1.29, 1.82) is 0 Å². The number of rotatable bonds is 4. The number of aryl methyl sites for hydroxylation is 2. The van der Waals surface area contributed by atoms with Crippen molar-refractivity contribution in [2.24, 2.45) is 0 Å². The zero-order valence-electron chi connectivity index (χ0n) is 11.6. The summed E-state index contributed by atoms with van der Waals surface area (Å²) in [4.78, 5) is -0.200. The minimum atomic E-state index is -0.547. The van der Waals surface area contributed by atoms with Gasteiger partial charge in [0.15, 0.2) is 0 Å². The van der Waals surface area contributed by atoms with E-state index in [9.17, 15) is 8.78 Å². The third-order valence-electron chi connectivity index (χ3n) is 3.45. The van der Waals surface area contributed by atoms with Crippen molar-refractivity contribution in [2.45, 2.75) is 31.5 Å². The molecule has 0 radical (unpaired) electrons. The normalized spacial score (nSPS) is 12.4. The van der Waals surface area contributed by atoms with Gasteiger partial charge >= 0.3 is 0 Å². The molecule has 1 unspecified atom stereocenters. The highest BCUT2D eigenvalue weighted by Crippen LogP contribution is 2.34. The van der Waals surface area contributed by atoms with E-state index in [1.807, 2.05) is 0 Å². The van der Waals surface area contributed by atoms with Crippen LogP contribution in [0, 0.1) is 11.6 Å². The first-order valence-corrected chi connectivity index (χ1v) is 7.68. The Balaban J connectivity index is 2.48. The van der Waals surface area contributed by atoms with Crippen LogP contribution in [0.15, 0.2) is 36.4 Å². The van der Waals surface area contributed by atoms with Crippen LogP contribution in [-0.2, 0) is 12.8 Å². The van der Waals surface area contributed by atoms with E-state index in [1.165, 1.54) is 23.3 Å². The van der Waals surface area contributed by atoms with Crippen LogP contribution in [0.1, 0.15) is 40.9 Å². The van der Waals surface area contributed by atoms with Crippen LogP contribution in [0.5, 0.6) is 0 Å². The van der Waals surface area contributed by atoms with Crippen LogP contribution in [0.25, 0.3) is 0 Å². The first kappa shape index (κ1) is 15.2. The van der Waals surface area contributed by atoms with Gasteiger partial charge in [-0.25, -0.2) is 8.78 Å². The maximum atomic E-state index is 13.4. The lowest BCUT2D eigenvalue weighted by molar-refractivity contribution is 0.580. The molecule has 0 aliphatic rings. The Hall–Kier alpha value is -1.22. The van der Waals surface area contributed by atoms with Crippen LogP contribution < -0.4 is 0 Å². The second kappa shape index (κ2) is 6.49. The average Bonchev–Trinajstić information content (AvgIpc) is 2.44. The minimum Gasteiger partial charge on any atom is -0.207 e. The molecule has 0 aliphatic carbocycles. The maximum absolute atomic E-state index is 13.4. The number of benzene rings is 2. The Labute approximate surface area is 127 Å². The van der Waals surface area contributed by atoms with E-state index >= 15 is 0 Å². The van der Waals surface area contributed by atoms with Crippen molar-refractivity contribution < 1.29 is 8.78 Å². The average molecular weight is 339 g/mol. The van der Waals surface area contributed by atoms with Gasteiger partial charge in [-0.05, 0) is 47.2 Å². The first-order chi connectivity index (χ1) is 9.55. The summed E-state index contributed by atoms with van der Waals surface area (Å²) in [5.41, 5.74) is 4.09. The van der Waals surface area contributed by atoms with Crippen LogP contribution >= 0.6 is 15.9 Å². The van der Waals surface area contributed by atoms with Gasteiger partial charge in [-0.2, -0.15) is 0 Å². The molecule has 0 fully saturated rings. The SMILES string of the molecule is CCc1ccc(CC)c(C(Br)c2cc(F)cc(F)c2)c1. The number of hydrogen-bond acceptors (Lipinski definition) is 0. The molecular weight excluding hydrogens is 322 g/mol. The molecule has 0 aliphatic heterocycles. The standard InChI is InChI=1S/C17H17BrF2/c1-3-11-5-6-12(4-2)16(7-11)17(18)13-8-14(19)10-15(20)9-13/h5-10,17H,3-4H2,1-2H3. The van der Waals surface area contributed by atoms with Gasteiger partial charge in [-0.1, -0.05) is 48.0 Å². The van der Waals surface area contributed by atoms with E-state index in [0.29, 0.717) is 5.56 Å². The molecule has 0 spiro atoms.